The molecule has 5 rings (SSSR count). The number of rotatable bonds is 12. The average molecular weight is 680 g/mol. The summed E-state index contributed by atoms with van der Waals surface area (Å²) in [5.41, 5.74) is 0.587. The fraction of sp³-hybridized carbons (Fsp3) is 0.947. The van der Waals surface area contributed by atoms with E-state index in [1.54, 1.807) is 0 Å². The normalized spacial score (nSPS) is 44.6. The standard InChI is InChI=1S/C38H65NO9/c1-21(2)8-7-9-22(3)27-12-13-28-26-11-10-24-18-25(14-16-36(24,5)29(26)15-17-37(27,28)6)47-38(35(45)46)19-30(42)32(39-23(4)41)34(48-38)33(44)31(43)20-40/h21-22,24-34,40,42-44H,7-20H2,1-6H3,(H,39,41)(H,45,46)/t22?,24?,25-,26?,27?,28?,29?,30?,31?,32+,33?,34?,36-,37+,38-/m0/s1. The maximum atomic E-state index is 12.8. The maximum Gasteiger partial charge on any atom is 0.364 e. The second-order valence-electron chi connectivity index (χ2n) is 17.6. The van der Waals surface area contributed by atoms with Gasteiger partial charge in [-0.15, -0.1) is 0 Å². The first-order chi connectivity index (χ1) is 22.6. The molecule has 5 fully saturated rings. The zero-order valence-corrected chi connectivity index (χ0v) is 30.3. The second kappa shape index (κ2) is 14.7. The van der Waals surface area contributed by atoms with Crippen LogP contribution in [-0.4, -0.2) is 86.4 Å². The van der Waals surface area contributed by atoms with Crippen molar-refractivity contribution in [2.75, 3.05) is 6.61 Å². The number of carboxylic acid groups (broad SMARTS) is 1. The molecule has 1 amide bonds. The summed E-state index contributed by atoms with van der Waals surface area (Å²) in [4.78, 5) is 24.7. The van der Waals surface area contributed by atoms with Crippen LogP contribution in [0.1, 0.15) is 125 Å². The van der Waals surface area contributed by atoms with E-state index >= 15 is 0 Å². The predicted molar refractivity (Wildman–Crippen MR) is 181 cm³/mol. The number of carbonyl (C=O) groups is 2. The number of hydrogen-bond acceptors (Lipinski definition) is 8. The van der Waals surface area contributed by atoms with E-state index in [2.05, 4.69) is 39.9 Å². The Hall–Kier alpha value is -1.30. The first-order valence-corrected chi connectivity index (χ1v) is 19.1. The van der Waals surface area contributed by atoms with Crippen LogP contribution in [0.5, 0.6) is 0 Å². The van der Waals surface area contributed by atoms with Crippen molar-refractivity contribution >= 4 is 11.9 Å². The van der Waals surface area contributed by atoms with Gasteiger partial charge >= 0.3 is 5.97 Å². The summed E-state index contributed by atoms with van der Waals surface area (Å²) >= 11 is 0. The molecule has 4 aliphatic carbocycles. The lowest BCUT2D eigenvalue weighted by Crippen LogP contribution is -2.68. The average Bonchev–Trinajstić information content (AvgIpc) is 3.38. The van der Waals surface area contributed by atoms with Crippen LogP contribution in [0, 0.1) is 52.3 Å². The van der Waals surface area contributed by atoms with Gasteiger partial charge in [0, 0.05) is 13.3 Å². The Bertz CT molecular complexity index is 1140. The number of carbonyl (C=O) groups excluding carboxylic acids is 1. The van der Waals surface area contributed by atoms with Crippen LogP contribution in [0.15, 0.2) is 0 Å². The summed E-state index contributed by atoms with van der Waals surface area (Å²) in [6.07, 6.45) is 6.60. The Morgan fingerprint density at radius 2 is 1.65 bits per heavy atom. The SMILES string of the molecule is CC(=O)N[C@@H]1C(O)C[C@@](O[C@H]2CC[C@@]3(C)C(CCC4C5CCC(C(C)CCCC(C)C)[C@@]5(C)CCC43)C2)(C(=O)O)OC1C(O)C(O)CO. The molecule has 0 aromatic rings. The zero-order chi connectivity index (χ0) is 35.2. The highest BCUT2D eigenvalue weighted by Gasteiger charge is 2.62. The number of aliphatic hydroxyl groups is 4. The molecule has 0 spiro atoms. The summed E-state index contributed by atoms with van der Waals surface area (Å²) < 4.78 is 12.3. The van der Waals surface area contributed by atoms with Gasteiger partial charge < -0.3 is 40.3 Å². The highest BCUT2D eigenvalue weighted by Crippen LogP contribution is 2.68. The molecule has 5 aliphatic rings. The van der Waals surface area contributed by atoms with Crippen molar-refractivity contribution in [3.8, 4) is 0 Å². The highest BCUT2D eigenvalue weighted by molar-refractivity contribution is 5.76. The lowest BCUT2D eigenvalue weighted by atomic mass is 9.44. The molecule has 10 nitrogen and oxygen atoms in total. The Balaban J connectivity index is 1.27. The molecule has 6 N–H and O–H groups in total. The van der Waals surface area contributed by atoms with Crippen LogP contribution in [0.3, 0.4) is 0 Å². The van der Waals surface area contributed by atoms with Gasteiger partial charge in [-0.1, -0.05) is 53.9 Å². The van der Waals surface area contributed by atoms with Gasteiger partial charge in [0.15, 0.2) is 0 Å². The molecule has 0 radical (unpaired) electrons. The van der Waals surface area contributed by atoms with Crippen molar-refractivity contribution in [1.82, 2.24) is 5.32 Å². The number of aliphatic hydroxyl groups excluding tert-OH is 4. The van der Waals surface area contributed by atoms with Crippen LogP contribution in [0.2, 0.25) is 0 Å². The Kier molecular flexibility index (Phi) is 11.7. The minimum atomic E-state index is -2.28. The van der Waals surface area contributed by atoms with Gasteiger partial charge in [0.2, 0.25) is 5.91 Å². The molecule has 0 aromatic heterocycles. The Morgan fingerprint density at radius 1 is 0.958 bits per heavy atom. The number of fused-ring (bicyclic) bond motifs is 5. The van der Waals surface area contributed by atoms with E-state index < -0.39 is 67.3 Å². The van der Waals surface area contributed by atoms with Crippen molar-refractivity contribution in [1.29, 1.82) is 0 Å². The van der Waals surface area contributed by atoms with Gasteiger partial charge in [-0.05, 0) is 110 Å². The molecule has 15 atom stereocenters. The monoisotopic (exact) mass is 679 g/mol. The summed E-state index contributed by atoms with van der Waals surface area (Å²) in [6, 6.07) is -1.20. The van der Waals surface area contributed by atoms with Gasteiger partial charge in [-0.25, -0.2) is 4.79 Å². The highest BCUT2D eigenvalue weighted by atomic mass is 16.7. The van der Waals surface area contributed by atoms with E-state index in [1.165, 1.54) is 58.3 Å². The van der Waals surface area contributed by atoms with Gasteiger partial charge in [0.05, 0.1) is 24.9 Å². The minimum absolute atomic E-state index is 0.162. The quantitative estimate of drug-likeness (QED) is 0.161. The minimum Gasteiger partial charge on any atom is -0.477 e. The van der Waals surface area contributed by atoms with Gasteiger partial charge in [-0.3, -0.25) is 4.79 Å². The molecule has 276 valence electrons. The number of ether oxygens (including phenoxy) is 2. The first-order valence-electron chi connectivity index (χ1n) is 19.1. The number of hydrogen-bond donors (Lipinski definition) is 6. The van der Waals surface area contributed by atoms with Crippen LogP contribution < -0.4 is 5.32 Å². The molecular formula is C38H65NO9. The lowest BCUT2D eigenvalue weighted by Gasteiger charge is -2.61. The van der Waals surface area contributed by atoms with Crippen LogP contribution in [0.4, 0.5) is 0 Å². The van der Waals surface area contributed by atoms with Crippen molar-refractivity contribution in [2.24, 2.45) is 52.3 Å². The van der Waals surface area contributed by atoms with Crippen molar-refractivity contribution < 1.29 is 44.6 Å². The molecule has 10 heteroatoms. The third-order valence-corrected chi connectivity index (χ3v) is 14.4. The Morgan fingerprint density at radius 3 is 2.29 bits per heavy atom. The molecule has 1 aliphatic heterocycles. The van der Waals surface area contributed by atoms with E-state index in [0.29, 0.717) is 30.1 Å². The predicted octanol–water partition coefficient (Wildman–Crippen LogP) is 4.64. The molecule has 48 heavy (non-hydrogen) atoms. The van der Waals surface area contributed by atoms with Crippen molar-refractivity contribution in [3.63, 3.8) is 0 Å². The van der Waals surface area contributed by atoms with Crippen molar-refractivity contribution in [2.45, 2.75) is 167 Å². The first kappa shape index (κ1) is 37.9. The number of aliphatic carboxylic acids is 1. The van der Waals surface area contributed by atoms with Crippen molar-refractivity contribution in [3.05, 3.63) is 0 Å². The molecular weight excluding hydrogens is 614 g/mol. The van der Waals surface area contributed by atoms with Crippen LogP contribution in [-0.2, 0) is 19.1 Å². The summed E-state index contributed by atoms with van der Waals surface area (Å²) in [5, 5.41) is 54.5. The summed E-state index contributed by atoms with van der Waals surface area (Å²) in [5.74, 6) is 0.696. The Labute approximate surface area is 287 Å². The fourth-order valence-corrected chi connectivity index (χ4v) is 11.9. The van der Waals surface area contributed by atoms with Gasteiger partial charge in [-0.2, -0.15) is 0 Å². The number of carboxylic acids is 1. The smallest absolute Gasteiger partial charge is 0.364 e. The summed E-state index contributed by atoms with van der Waals surface area (Å²) in [7, 11) is 0. The zero-order valence-electron chi connectivity index (χ0n) is 30.3. The molecule has 1 heterocycles. The van der Waals surface area contributed by atoms with E-state index in [4.69, 9.17) is 9.47 Å². The number of amides is 1. The van der Waals surface area contributed by atoms with Gasteiger partial charge in [0.1, 0.15) is 18.3 Å². The third kappa shape index (κ3) is 7.09. The summed E-state index contributed by atoms with van der Waals surface area (Å²) in [6.45, 7) is 12.7. The van der Waals surface area contributed by atoms with E-state index in [0.717, 1.165) is 42.4 Å². The van der Waals surface area contributed by atoms with E-state index in [9.17, 15) is 35.1 Å². The van der Waals surface area contributed by atoms with E-state index in [-0.39, 0.29) is 5.41 Å². The fourth-order valence-electron chi connectivity index (χ4n) is 11.9. The molecule has 1 saturated heterocycles. The topological polar surface area (TPSA) is 166 Å². The van der Waals surface area contributed by atoms with Crippen LogP contribution >= 0.6 is 0 Å². The lowest BCUT2D eigenvalue weighted by molar-refractivity contribution is -0.328. The third-order valence-electron chi connectivity index (χ3n) is 14.4. The molecule has 0 bridgehead atoms. The molecule has 0 aromatic carbocycles. The van der Waals surface area contributed by atoms with Crippen LogP contribution in [0.25, 0.3) is 0 Å². The number of nitrogens with one attached hydrogen (secondary N) is 1. The maximum absolute atomic E-state index is 12.8. The molecule has 4 saturated carbocycles. The second-order valence-corrected chi connectivity index (χ2v) is 17.6. The largest absolute Gasteiger partial charge is 0.477 e. The van der Waals surface area contributed by atoms with Gasteiger partial charge in [0.25, 0.3) is 5.79 Å². The molecule has 10 unspecified atom stereocenters. The van der Waals surface area contributed by atoms with E-state index in [1.807, 2.05) is 0 Å².